The number of likely N-dealkylation sites (tertiary alicyclic amines) is 1. The molecular weight excluding hydrogens is 423 g/mol. The summed E-state index contributed by atoms with van der Waals surface area (Å²) in [5, 5.41) is 7.14. The van der Waals surface area contributed by atoms with Gasteiger partial charge in [-0.1, -0.05) is 6.07 Å². The number of methoxy groups -OCH3 is 1. The number of fused-ring (bicyclic) bond motifs is 2. The Labute approximate surface area is 181 Å². The van der Waals surface area contributed by atoms with Crippen LogP contribution in [0.25, 0.3) is 27.7 Å². The van der Waals surface area contributed by atoms with Gasteiger partial charge in [0.2, 0.25) is 11.8 Å². The fourth-order valence-corrected chi connectivity index (χ4v) is 4.21. The molecule has 8 nitrogen and oxygen atoms in total. The summed E-state index contributed by atoms with van der Waals surface area (Å²) in [6, 6.07) is 6.46. The van der Waals surface area contributed by atoms with Crippen LogP contribution in [0.3, 0.4) is 0 Å². The van der Waals surface area contributed by atoms with Crippen LogP contribution >= 0.6 is 0 Å². The van der Waals surface area contributed by atoms with Gasteiger partial charge in [-0.05, 0) is 30.8 Å². The number of likely N-dealkylation sites (N-methyl/N-ethyl adjacent to an activating group) is 1. The molecule has 11 heteroatoms. The number of hydrogen-bond acceptors (Lipinski definition) is 6. The Morgan fingerprint density at radius 1 is 1.28 bits per heavy atom. The molecule has 0 radical (unpaired) electrons. The number of anilines is 1. The number of benzene rings is 1. The third-order valence-electron chi connectivity index (χ3n) is 5.72. The topological polar surface area (TPSA) is 72.5 Å². The van der Waals surface area contributed by atoms with Crippen LogP contribution in [0, 0.1) is 0 Å². The number of hydrogen-bond donors (Lipinski definition) is 1. The molecule has 1 unspecified atom stereocenters. The van der Waals surface area contributed by atoms with E-state index in [1.165, 1.54) is 7.11 Å². The van der Waals surface area contributed by atoms with Gasteiger partial charge in [0.15, 0.2) is 0 Å². The van der Waals surface area contributed by atoms with Crippen LogP contribution in [0.1, 0.15) is 0 Å². The lowest BCUT2D eigenvalue weighted by atomic mass is 10.1. The monoisotopic (exact) mass is 445 g/mol. The lowest BCUT2D eigenvalue weighted by Gasteiger charge is -2.19. The molecule has 32 heavy (non-hydrogen) atoms. The summed E-state index contributed by atoms with van der Waals surface area (Å²) in [4.78, 5) is 10.2. The molecule has 0 amide bonds. The van der Waals surface area contributed by atoms with Crippen molar-refractivity contribution in [3.05, 3.63) is 36.8 Å². The van der Waals surface area contributed by atoms with Crippen LogP contribution in [0.4, 0.5) is 19.1 Å². The molecular formula is C21H22F3N7O. The standard InChI is InChI=1S/C21H22F3N7O/c1-29-10-17(21(23,24)11-29)26-20-27-19(32-2)18-14(5-7-31(18)28-20)13-3-4-15-16(9-13)30(8-6-22)12-25-15/h3-5,7,9,12,17H,6,8,10-11H2,1-2H3,(H,26,28). The summed E-state index contributed by atoms with van der Waals surface area (Å²) < 4.78 is 50.1. The predicted molar refractivity (Wildman–Crippen MR) is 114 cm³/mol. The predicted octanol–water partition coefficient (Wildman–Crippen LogP) is 3.09. The minimum absolute atomic E-state index is 0.0629. The van der Waals surface area contributed by atoms with Crippen LogP contribution < -0.4 is 10.1 Å². The van der Waals surface area contributed by atoms with E-state index >= 15 is 0 Å². The second kappa shape index (κ2) is 7.66. The Bertz CT molecular complexity index is 1290. The molecule has 3 aromatic heterocycles. The zero-order valence-electron chi connectivity index (χ0n) is 17.6. The highest BCUT2D eigenvalue weighted by atomic mass is 19.3. The molecule has 1 fully saturated rings. The molecule has 4 heterocycles. The fourth-order valence-electron chi connectivity index (χ4n) is 4.21. The van der Waals surface area contributed by atoms with Crippen molar-refractivity contribution in [2.45, 2.75) is 18.5 Å². The second-order valence-electron chi connectivity index (χ2n) is 7.95. The number of ether oxygens (including phenoxy) is 1. The molecule has 0 bridgehead atoms. The van der Waals surface area contributed by atoms with E-state index in [0.29, 0.717) is 5.52 Å². The molecule has 1 aliphatic heterocycles. The number of imidazole rings is 1. The summed E-state index contributed by atoms with van der Waals surface area (Å²) in [6.45, 7) is -0.406. The molecule has 1 N–H and O–H groups in total. The molecule has 0 spiro atoms. The smallest absolute Gasteiger partial charge is 0.281 e. The molecule has 5 rings (SSSR count). The average molecular weight is 445 g/mol. The minimum atomic E-state index is -2.89. The van der Waals surface area contributed by atoms with Gasteiger partial charge in [-0.25, -0.2) is 22.7 Å². The van der Waals surface area contributed by atoms with Crippen LogP contribution in [0.15, 0.2) is 36.8 Å². The summed E-state index contributed by atoms with van der Waals surface area (Å²) in [7, 11) is 3.12. The summed E-state index contributed by atoms with van der Waals surface area (Å²) in [5.41, 5.74) is 3.83. The highest BCUT2D eigenvalue weighted by molar-refractivity contribution is 5.89. The van der Waals surface area contributed by atoms with Crippen LogP contribution in [-0.2, 0) is 6.54 Å². The SMILES string of the molecule is COc1nc(NC2CN(C)CC2(F)F)nn2ccc(-c3ccc4ncn(CCF)c4c3)c12. The molecule has 4 aromatic rings. The first-order valence-corrected chi connectivity index (χ1v) is 10.2. The van der Waals surface area contributed by atoms with E-state index in [9.17, 15) is 13.2 Å². The highest BCUT2D eigenvalue weighted by Gasteiger charge is 2.47. The van der Waals surface area contributed by atoms with Gasteiger partial charge in [0.1, 0.15) is 18.2 Å². The van der Waals surface area contributed by atoms with Crippen molar-refractivity contribution < 1.29 is 17.9 Å². The number of alkyl halides is 3. The third kappa shape index (κ3) is 3.42. The largest absolute Gasteiger partial charge is 0.479 e. The molecule has 1 aromatic carbocycles. The van der Waals surface area contributed by atoms with Gasteiger partial charge < -0.3 is 14.6 Å². The average Bonchev–Trinajstić information content (AvgIpc) is 3.43. The first kappa shape index (κ1) is 20.6. The van der Waals surface area contributed by atoms with Gasteiger partial charge in [-0.15, -0.1) is 5.10 Å². The lowest BCUT2D eigenvalue weighted by molar-refractivity contribution is 0.00583. The quantitative estimate of drug-likeness (QED) is 0.492. The van der Waals surface area contributed by atoms with Crippen molar-refractivity contribution in [2.24, 2.45) is 0 Å². The molecule has 0 saturated carbocycles. The minimum Gasteiger partial charge on any atom is -0.479 e. The van der Waals surface area contributed by atoms with E-state index in [4.69, 9.17) is 4.74 Å². The van der Waals surface area contributed by atoms with Crippen LogP contribution in [-0.4, -0.2) is 74.9 Å². The van der Waals surface area contributed by atoms with E-state index in [1.807, 2.05) is 24.3 Å². The van der Waals surface area contributed by atoms with Gasteiger partial charge in [0.25, 0.3) is 5.92 Å². The highest BCUT2D eigenvalue weighted by Crippen LogP contribution is 2.34. The normalized spacial score (nSPS) is 18.6. The van der Waals surface area contributed by atoms with Crippen molar-refractivity contribution in [2.75, 3.05) is 39.2 Å². The van der Waals surface area contributed by atoms with Crippen molar-refractivity contribution >= 4 is 22.5 Å². The van der Waals surface area contributed by atoms with E-state index in [2.05, 4.69) is 20.4 Å². The van der Waals surface area contributed by atoms with Crippen molar-refractivity contribution in [3.63, 3.8) is 0 Å². The van der Waals surface area contributed by atoms with E-state index in [-0.39, 0.29) is 31.5 Å². The van der Waals surface area contributed by atoms with E-state index in [1.54, 1.807) is 33.6 Å². The van der Waals surface area contributed by atoms with Gasteiger partial charge in [-0.3, -0.25) is 4.90 Å². The Morgan fingerprint density at radius 2 is 2.12 bits per heavy atom. The maximum atomic E-state index is 14.2. The number of nitrogens with one attached hydrogen (secondary N) is 1. The lowest BCUT2D eigenvalue weighted by Crippen LogP contribution is -2.38. The third-order valence-corrected chi connectivity index (χ3v) is 5.72. The van der Waals surface area contributed by atoms with Crippen molar-refractivity contribution in [3.8, 4) is 17.0 Å². The zero-order chi connectivity index (χ0) is 22.5. The first-order chi connectivity index (χ1) is 15.4. The first-order valence-electron chi connectivity index (χ1n) is 10.2. The zero-order valence-corrected chi connectivity index (χ0v) is 17.6. The molecule has 1 aliphatic rings. The Hall–Kier alpha value is -3.34. The molecule has 168 valence electrons. The molecule has 1 saturated heterocycles. The Kier molecular flexibility index (Phi) is 4.92. The van der Waals surface area contributed by atoms with E-state index < -0.39 is 18.6 Å². The maximum Gasteiger partial charge on any atom is 0.281 e. The number of halogens is 3. The second-order valence-corrected chi connectivity index (χ2v) is 7.95. The maximum absolute atomic E-state index is 14.2. The Balaban J connectivity index is 1.55. The van der Waals surface area contributed by atoms with Gasteiger partial charge >= 0.3 is 0 Å². The summed E-state index contributed by atoms with van der Waals surface area (Å²) >= 11 is 0. The van der Waals surface area contributed by atoms with Crippen LogP contribution in [0.2, 0.25) is 0 Å². The molecule has 1 atom stereocenters. The number of aryl methyl sites for hydroxylation is 1. The van der Waals surface area contributed by atoms with Crippen molar-refractivity contribution in [1.82, 2.24) is 29.0 Å². The molecule has 0 aliphatic carbocycles. The van der Waals surface area contributed by atoms with Gasteiger partial charge in [0.05, 0.1) is 37.6 Å². The van der Waals surface area contributed by atoms with Crippen molar-refractivity contribution in [1.29, 1.82) is 0 Å². The van der Waals surface area contributed by atoms with E-state index in [0.717, 1.165) is 22.2 Å². The number of nitrogens with zero attached hydrogens (tertiary/aromatic N) is 6. The Morgan fingerprint density at radius 3 is 2.84 bits per heavy atom. The number of rotatable bonds is 6. The fraction of sp³-hybridized carbons (Fsp3) is 0.381. The van der Waals surface area contributed by atoms with Gasteiger partial charge in [0, 0.05) is 18.3 Å². The summed E-state index contributed by atoms with van der Waals surface area (Å²) in [5.74, 6) is -2.57. The van der Waals surface area contributed by atoms with Crippen LogP contribution in [0.5, 0.6) is 5.88 Å². The number of aromatic nitrogens is 5. The summed E-state index contributed by atoms with van der Waals surface area (Å²) in [6.07, 6.45) is 3.34. The van der Waals surface area contributed by atoms with Gasteiger partial charge in [-0.2, -0.15) is 4.98 Å².